The molecular weight excluding hydrogens is 354 g/mol. The second-order valence-corrected chi connectivity index (χ2v) is 7.55. The monoisotopic (exact) mass is 379 g/mol. The van der Waals surface area contributed by atoms with Gasteiger partial charge in [0.15, 0.2) is 5.82 Å². The van der Waals surface area contributed by atoms with Crippen molar-refractivity contribution in [2.24, 2.45) is 5.92 Å². The predicted octanol–water partition coefficient (Wildman–Crippen LogP) is 7.16. The second kappa shape index (κ2) is 8.85. The lowest BCUT2D eigenvalue weighted by Crippen LogP contribution is -2.13. The lowest BCUT2D eigenvalue weighted by atomic mass is 9.77. The first-order valence-corrected chi connectivity index (χ1v) is 9.81. The third kappa shape index (κ3) is 4.69. The van der Waals surface area contributed by atoms with Crippen LogP contribution in [0.4, 0.5) is 17.6 Å². The first-order chi connectivity index (χ1) is 13.0. The molecule has 0 N–H and O–H groups in total. The largest absolute Gasteiger partial charge is 0.251 e. The van der Waals surface area contributed by atoms with E-state index in [2.05, 4.69) is 11.9 Å². The minimum atomic E-state index is -1.52. The van der Waals surface area contributed by atoms with E-state index >= 15 is 0 Å². The summed E-state index contributed by atoms with van der Waals surface area (Å²) in [6.45, 7) is 2.21. The molecule has 0 aliphatic heterocycles. The molecule has 5 heteroatoms. The van der Waals surface area contributed by atoms with E-state index in [9.17, 15) is 17.6 Å². The van der Waals surface area contributed by atoms with E-state index in [1.807, 2.05) is 0 Å². The van der Waals surface area contributed by atoms with Crippen molar-refractivity contribution in [3.05, 3.63) is 53.4 Å². The quantitative estimate of drug-likeness (QED) is 0.295. The highest BCUT2D eigenvalue weighted by molar-refractivity contribution is 5.64. The van der Waals surface area contributed by atoms with Gasteiger partial charge in [0, 0.05) is 11.1 Å². The Morgan fingerprint density at radius 2 is 1.59 bits per heavy atom. The van der Waals surface area contributed by atoms with Crippen LogP contribution >= 0.6 is 0 Å². The zero-order chi connectivity index (χ0) is 19.4. The SMILES string of the molecule is CCCCCC1CCC(c2ccc(-c3cc(F)c(F)nc3F)c(F)c2)CC1. The molecule has 0 unspecified atom stereocenters. The van der Waals surface area contributed by atoms with Crippen molar-refractivity contribution in [1.29, 1.82) is 0 Å². The van der Waals surface area contributed by atoms with E-state index in [0.717, 1.165) is 37.2 Å². The van der Waals surface area contributed by atoms with Gasteiger partial charge in [-0.05, 0) is 55.2 Å². The molecule has 1 nitrogen and oxygen atoms in total. The molecule has 0 radical (unpaired) electrons. The minimum absolute atomic E-state index is 0.101. The van der Waals surface area contributed by atoms with E-state index in [0.29, 0.717) is 12.0 Å². The number of aromatic nitrogens is 1. The first-order valence-electron chi connectivity index (χ1n) is 9.81. The van der Waals surface area contributed by atoms with Gasteiger partial charge in [0.2, 0.25) is 5.95 Å². The van der Waals surface area contributed by atoms with Crippen molar-refractivity contribution >= 4 is 0 Å². The molecule has 0 bridgehead atoms. The topological polar surface area (TPSA) is 12.9 Å². The standard InChI is InChI=1S/C22H25F4N/c1-2-3-4-5-14-6-8-15(9-7-14)16-10-11-17(19(23)12-16)18-13-20(24)22(26)27-21(18)25/h10-15H,2-9H2,1H3. The molecule has 1 aromatic heterocycles. The summed E-state index contributed by atoms with van der Waals surface area (Å²) < 4.78 is 54.8. The highest BCUT2D eigenvalue weighted by Gasteiger charge is 2.23. The van der Waals surface area contributed by atoms with Crippen LogP contribution in [0.5, 0.6) is 0 Å². The van der Waals surface area contributed by atoms with Gasteiger partial charge in [-0.1, -0.05) is 44.7 Å². The fourth-order valence-corrected chi connectivity index (χ4v) is 4.11. The normalized spacial score (nSPS) is 20.0. The Morgan fingerprint density at radius 3 is 2.26 bits per heavy atom. The van der Waals surface area contributed by atoms with Gasteiger partial charge in [0.25, 0.3) is 5.95 Å². The molecule has 27 heavy (non-hydrogen) atoms. The molecule has 146 valence electrons. The Bertz CT molecular complexity index is 782. The van der Waals surface area contributed by atoms with E-state index in [1.165, 1.54) is 37.8 Å². The van der Waals surface area contributed by atoms with Gasteiger partial charge < -0.3 is 0 Å². The third-order valence-corrected chi connectivity index (χ3v) is 5.70. The predicted molar refractivity (Wildman–Crippen MR) is 98.3 cm³/mol. The maximum absolute atomic E-state index is 14.6. The van der Waals surface area contributed by atoms with Crippen molar-refractivity contribution in [2.75, 3.05) is 0 Å². The van der Waals surface area contributed by atoms with Crippen molar-refractivity contribution in [2.45, 2.75) is 64.2 Å². The summed E-state index contributed by atoms with van der Waals surface area (Å²) in [5.41, 5.74) is 0.424. The lowest BCUT2D eigenvalue weighted by molar-refractivity contribution is 0.302. The highest BCUT2D eigenvalue weighted by atomic mass is 19.2. The summed E-state index contributed by atoms with van der Waals surface area (Å²) in [5.74, 6) is -3.61. The van der Waals surface area contributed by atoms with Gasteiger partial charge in [0.05, 0.1) is 0 Å². The summed E-state index contributed by atoms with van der Waals surface area (Å²) in [4.78, 5) is 2.87. The highest BCUT2D eigenvalue weighted by Crippen LogP contribution is 2.39. The molecular formula is C22H25F4N. The van der Waals surface area contributed by atoms with Gasteiger partial charge >= 0.3 is 0 Å². The smallest absolute Gasteiger partial charge is 0.206 e. The number of hydrogen-bond donors (Lipinski definition) is 0. The average molecular weight is 379 g/mol. The molecule has 0 amide bonds. The van der Waals surface area contributed by atoms with E-state index in [-0.39, 0.29) is 11.1 Å². The molecule has 2 aromatic rings. The van der Waals surface area contributed by atoms with Crippen LogP contribution in [0.3, 0.4) is 0 Å². The van der Waals surface area contributed by atoms with Crippen LogP contribution in [-0.2, 0) is 0 Å². The maximum Gasteiger partial charge on any atom is 0.251 e. The van der Waals surface area contributed by atoms with Crippen LogP contribution in [0.2, 0.25) is 0 Å². The van der Waals surface area contributed by atoms with Crippen LogP contribution in [-0.4, -0.2) is 4.98 Å². The van der Waals surface area contributed by atoms with E-state index in [1.54, 1.807) is 6.07 Å². The summed E-state index contributed by atoms with van der Waals surface area (Å²) in [6, 6.07) is 5.26. The second-order valence-electron chi connectivity index (χ2n) is 7.55. The van der Waals surface area contributed by atoms with Gasteiger partial charge in [-0.2, -0.15) is 13.8 Å². The zero-order valence-electron chi connectivity index (χ0n) is 15.6. The number of nitrogens with zero attached hydrogens (tertiary/aromatic N) is 1. The lowest BCUT2D eigenvalue weighted by Gasteiger charge is -2.29. The molecule has 0 spiro atoms. The number of pyridine rings is 1. The van der Waals surface area contributed by atoms with Gasteiger partial charge in [-0.25, -0.2) is 8.78 Å². The van der Waals surface area contributed by atoms with Crippen LogP contribution < -0.4 is 0 Å². The van der Waals surface area contributed by atoms with Crippen molar-refractivity contribution in [3.8, 4) is 11.1 Å². The molecule has 1 fully saturated rings. The van der Waals surface area contributed by atoms with Gasteiger partial charge in [0.1, 0.15) is 5.82 Å². The Hall–Kier alpha value is -1.91. The zero-order valence-corrected chi connectivity index (χ0v) is 15.6. The molecule has 0 saturated heterocycles. The van der Waals surface area contributed by atoms with Gasteiger partial charge in [-0.3, -0.25) is 0 Å². The van der Waals surface area contributed by atoms with E-state index < -0.39 is 23.5 Å². The molecule has 1 aliphatic carbocycles. The Kier molecular flexibility index (Phi) is 6.51. The number of halogens is 4. The van der Waals surface area contributed by atoms with Crippen LogP contribution in [0.15, 0.2) is 24.3 Å². The number of unbranched alkanes of at least 4 members (excludes halogenated alkanes) is 2. The Balaban J connectivity index is 1.70. The summed E-state index contributed by atoms with van der Waals surface area (Å²) in [7, 11) is 0. The van der Waals surface area contributed by atoms with Crippen molar-refractivity contribution in [3.63, 3.8) is 0 Å². The molecule has 1 saturated carbocycles. The fraction of sp³-hybridized carbons (Fsp3) is 0.500. The maximum atomic E-state index is 14.6. The molecule has 0 atom stereocenters. The molecule has 1 aromatic carbocycles. The fourth-order valence-electron chi connectivity index (χ4n) is 4.11. The summed E-state index contributed by atoms with van der Waals surface area (Å²) in [5, 5.41) is 0. The number of hydrogen-bond acceptors (Lipinski definition) is 1. The molecule has 1 heterocycles. The van der Waals surface area contributed by atoms with Crippen LogP contribution in [0, 0.1) is 29.4 Å². The molecule has 1 aliphatic rings. The Labute approximate surface area is 157 Å². The van der Waals surface area contributed by atoms with Gasteiger partial charge in [-0.15, -0.1) is 0 Å². The van der Waals surface area contributed by atoms with Crippen molar-refractivity contribution in [1.82, 2.24) is 4.98 Å². The minimum Gasteiger partial charge on any atom is -0.206 e. The summed E-state index contributed by atoms with van der Waals surface area (Å²) >= 11 is 0. The van der Waals surface area contributed by atoms with Crippen molar-refractivity contribution < 1.29 is 17.6 Å². The van der Waals surface area contributed by atoms with E-state index in [4.69, 9.17) is 0 Å². The number of benzene rings is 1. The van der Waals surface area contributed by atoms with Crippen LogP contribution in [0.25, 0.3) is 11.1 Å². The average Bonchev–Trinajstić information content (AvgIpc) is 2.66. The Morgan fingerprint density at radius 1 is 0.852 bits per heavy atom. The third-order valence-electron chi connectivity index (χ3n) is 5.70. The summed E-state index contributed by atoms with van der Waals surface area (Å²) in [6.07, 6.45) is 9.42. The number of rotatable bonds is 6. The van der Waals surface area contributed by atoms with Crippen LogP contribution in [0.1, 0.15) is 69.8 Å². The molecule has 3 rings (SSSR count). The first kappa shape index (κ1) is 19.8.